The van der Waals surface area contributed by atoms with Crippen LogP contribution in [0.15, 0.2) is 24.3 Å². The summed E-state index contributed by atoms with van der Waals surface area (Å²) in [5.41, 5.74) is 1.69. The van der Waals surface area contributed by atoms with Crippen LogP contribution in [0.5, 0.6) is 0 Å². The zero-order chi connectivity index (χ0) is 13.0. The summed E-state index contributed by atoms with van der Waals surface area (Å²) in [5.74, 6) is 0.155. The van der Waals surface area contributed by atoms with Gasteiger partial charge in [0.05, 0.1) is 18.2 Å². The normalized spacial score (nSPS) is 17.3. The van der Waals surface area contributed by atoms with Crippen LogP contribution in [0.2, 0.25) is 0 Å². The number of benzene rings is 1. The van der Waals surface area contributed by atoms with Crippen molar-refractivity contribution in [1.82, 2.24) is 9.80 Å². The highest BCUT2D eigenvalue weighted by atomic mass is 16.2. The van der Waals surface area contributed by atoms with Crippen LogP contribution in [0.1, 0.15) is 17.5 Å². The molecule has 1 aromatic carbocycles. The van der Waals surface area contributed by atoms with E-state index in [1.54, 1.807) is 4.90 Å². The minimum Gasteiger partial charge on any atom is -0.345 e. The molecule has 1 aliphatic rings. The van der Waals surface area contributed by atoms with E-state index in [0.717, 1.165) is 25.1 Å². The number of carbonyl (C=O) groups excluding carboxylic acids is 1. The molecule has 0 saturated carbocycles. The van der Waals surface area contributed by atoms with Gasteiger partial charge in [0.15, 0.2) is 0 Å². The fraction of sp³-hybridized carbons (Fsp3) is 0.429. The molecule has 1 aromatic rings. The Morgan fingerprint density at radius 3 is 2.89 bits per heavy atom. The van der Waals surface area contributed by atoms with Crippen LogP contribution in [0.25, 0.3) is 0 Å². The van der Waals surface area contributed by atoms with E-state index >= 15 is 0 Å². The number of amides is 1. The van der Waals surface area contributed by atoms with Crippen LogP contribution in [-0.4, -0.2) is 42.4 Å². The van der Waals surface area contributed by atoms with Crippen molar-refractivity contribution >= 4 is 5.91 Å². The molecule has 0 N–H and O–H groups in total. The predicted molar refractivity (Wildman–Crippen MR) is 68.7 cm³/mol. The van der Waals surface area contributed by atoms with Gasteiger partial charge in [-0.15, -0.1) is 0 Å². The number of carbonyl (C=O) groups is 1. The second kappa shape index (κ2) is 5.65. The van der Waals surface area contributed by atoms with Crippen molar-refractivity contribution in [2.75, 3.05) is 26.7 Å². The lowest BCUT2D eigenvalue weighted by Crippen LogP contribution is -2.34. The Hall–Kier alpha value is -1.86. The lowest BCUT2D eigenvalue weighted by atomic mass is 10.1. The van der Waals surface area contributed by atoms with Gasteiger partial charge in [0.25, 0.3) is 0 Å². The zero-order valence-corrected chi connectivity index (χ0v) is 10.6. The summed E-state index contributed by atoms with van der Waals surface area (Å²) in [7, 11) is 1.84. The first-order valence-electron chi connectivity index (χ1n) is 6.15. The summed E-state index contributed by atoms with van der Waals surface area (Å²) in [6, 6.07) is 9.77. The van der Waals surface area contributed by atoms with Crippen LogP contribution in [0, 0.1) is 11.3 Å². The van der Waals surface area contributed by atoms with E-state index in [1.807, 2.05) is 31.3 Å². The Kier molecular flexibility index (Phi) is 3.96. The third-order valence-electron chi connectivity index (χ3n) is 3.28. The van der Waals surface area contributed by atoms with Crippen LogP contribution in [0.3, 0.4) is 0 Å². The smallest absolute Gasteiger partial charge is 0.236 e. The van der Waals surface area contributed by atoms with E-state index in [9.17, 15) is 4.79 Å². The Bertz CT molecular complexity index is 478. The molecule has 0 radical (unpaired) electrons. The van der Waals surface area contributed by atoms with Gasteiger partial charge in [-0.25, -0.2) is 0 Å². The summed E-state index contributed by atoms with van der Waals surface area (Å²) >= 11 is 0. The molecule has 0 bridgehead atoms. The van der Waals surface area contributed by atoms with Gasteiger partial charge in [-0.2, -0.15) is 5.26 Å². The third kappa shape index (κ3) is 2.88. The van der Waals surface area contributed by atoms with Gasteiger partial charge >= 0.3 is 0 Å². The molecule has 0 spiro atoms. The average molecular weight is 243 g/mol. The molecule has 94 valence electrons. The van der Waals surface area contributed by atoms with Gasteiger partial charge in [-0.1, -0.05) is 18.2 Å². The molecule has 0 aliphatic carbocycles. The van der Waals surface area contributed by atoms with Crippen molar-refractivity contribution in [3.63, 3.8) is 0 Å². The molecule has 0 unspecified atom stereocenters. The number of hydrogen-bond acceptors (Lipinski definition) is 3. The number of hydrogen-bond donors (Lipinski definition) is 0. The van der Waals surface area contributed by atoms with Crippen molar-refractivity contribution in [3.05, 3.63) is 35.4 Å². The lowest BCUT2D eigenvalue weighted by molar-refractivity contribution is -0.129. The van der Waals surface area contributed by atoms with Crippen molar-refractivity contribution in [1.29, 1.82) is 5.26 Å². The standard InChI is InChI=1S/C14H17N3O/c1-16-7-4-8-17(11-14(16)18)10-13-6-3-2-5-12(13)9-15/h2-3,5-6H,4,7-8,10-11H2,1H3. The molecule has 2 rings (SSSR count). The van der Waals surface area contributed by atoms with Crippen molar-refractivity contribution in [2.45, 2.75) is 13.0 Å². The van der Waals surface area contributed by atoms with Gasteiger partial charge in [-0.3, -0.25) is 9.69 Å². The average Bonchev–Trinajstić information content (AvgIpc) is 2.53. The first-order valence-corrected chi connectivity index (χ1v) is 6.15. The summed E-state index contributed by atoms with van der Waals surface area (Å²) in [6.07, 6.45) is 0.983. The molecule has 4 nitrogen and oxygen atoms in total. The SMILES string of the molecule is CN1CCCN(Cc2ccccc2C#N)CC1=O. The molecule has 1 fully saturated rings. The second-order valence-corrected chi connectivity index (χ2v) is 4.65. The number of rotatable bonds is 2. The molecule has 1 amide bonds. The molecular formula is C14H17N3O. The molecule has 1 aliphatic heterocycles. The van der Waals surface area contributed by atoms with Crippen LogP contribution in [0.4, 0.5) is 0 Å². The monoisotopic (exact) mass is 243 g/mol. The van der Waals surface area contributed by atoms with Crippen LogP contribution in [-0.2, 0) is 11.3 Å². The highest BCUT2D eigenvalue weighted by Gasteiger charge is 2.19. The quantitative estimate of drug-likeness (QED) is 0.784. The van der Waals surface area contributed by atoms with Crippen molar-refractivity contribution < 1.29 is 4.79 Å². The molecule has 4 heteroatoms. The highest BCUT2D eigenvalue weighted by molar-refractivity contribution is 5.78. The Labute approximate surface area is 107 Å². The lowest BCUT2D eigenvalue weighted by Gasteiger charge is -2.19. The Morgan fingerprint density at radius 2 is 2.11 bits per heavy atom. The minimum atomic E-state index is 0.155. The molecule has 18 heavy (non-hydrogen) atoms. The minimum absolute atomic E-state index is 0.155. The van der Waals surface area contributed by atoms with Gasteiger partial charge < -0.3 is 4.90 Å². The maximum Gasteiger partial charge on any atom is 0.236 e. The molecular weight excluding hydrogens is 226 g/mol. The van der Waals surface area contributed by atoms with Gasteiger partial charge in [0.1, 0.15) is 0 Å². The molecule has 1 saturated heterocycles. The van der Waals surface area contributed by atoms with Gasteiger partial charge in [0, 0.05) is 26.7 Å². The largest absolute Gasteiger partial charge is 0.345 e. The number of nitriles is 1. The molecule has 0 aromatic heterocycles. The summed E-state index contributed by atoms with van der Waals surface area (Å²) in [6.45, 7) is 2.82. The summed E-state index contributed by atoms with van der Waals surface area (Å²) in [4.78, 5) is 15.7. The Morgan fingerprint density at radius 1 is 1.33 bits per heavy atom. The maximum absolute atomic E-state index is 11.8. The Balaban J connectivity index is 2.09. The number of likely N-dealkylation sites (N-methyl/N-ethyl adjacent to an activating group) is 1. The third-order valence-corrected chi connectivity index (χ3v) is 3.28. The highest BCUT2D eigenvalue weighted by Crippen LogP contribution is 2.12. The van der Waals surface area contributed by atoms with Crippen molar-refractivity contribution in [3.8, 4) is 6.07 Å². The van der Waals surface area contributed by atoms with E-state index in [1.165, 1.54) is 0 Å². The van der Waals surface area contributed by atoms with Crippen LogP contribution >= 0.6 is 0 Å². The number of nitrogens with zero attached hydrogens (tertiary/aromatic N) is 3. The fourth-order valence-corrected chi connectivity index (χ4v) is 2.19. The van der Waals surface area contributed by atoms with Crippen molar-refractivity contribution in [2.24, 2.45) is 0 Å². The maximum atomic E-state index is 11.8. The fourth-order valence-electron chi connectivity index (χ4n) is 2.19. The van der Waals surface area contributed by atoms with E-state index < -0.39 is 0 Å². The van der Waals surface area contributed by atoms with E-state index in [2.05, 4.69) is 11.0 Å². The second-order valence-electron chi connectivity index (χ2n) is 4.65. The summed E-state index contributed by atoms with van der Waals surface area (Å²) < 4.78 is 0. The first kappa shape index (κ1) is 12.6. The van der Waals surface area contributed by atoms with E-state index in [4.69, 9.17) is 5.26 Å². The molecule has 1 heterocycles. The first-order chi connectivity index (χ1) is 8.70. The van der Waals surface area contributed by atoms with Crippen LogP contribution < -0.4 is 0 Å². The predicted octanol–water partition coefficient (Wildman–Crippen LogP) is 1.22. The van der Waals surface area contributed by atoms with Gasteiger partial charge in [-0.05, 0) is 18.1 Å². The molecule has 0 atom stereocenters. The van der Waals surface area contributed by atoms with E-state index in [0.29, 0.717) is 18.7 Å². The zero-order valence-electron chi connectivity index (χ0n) is 10.6. The van der Waals surface area contributed by atoms with E-state index in [-0.39, 0.29) is 5.91 Å². The van der Waals surface area contributed by atoms with Gasteiger partial charge in [0.2, 0.25) is 5.91 Å². The summed E-state index contributed by atoms with van der Waals surface area (Å²) in [5, 5.41) is 9.05. The topological polar surface area (TPSA) is 47.3 Å².